The van der Waals surface area contributed by atoms with Gasteiger partial charge in [-0.25, -0.2) is 0 Å². The highest BCUT2D eigenvalue weighted by molar-refractivity contribution is 4.83. The number of hydrogen-bond acceptors (Lipinski definition) is 2. The molecule has 1 heterocycles. The van der Waals surface area contributed by atoms with E-state index in [4.69, 9.17) is 4.74 Å². The van der Waals surface area contributed by atoms with Crippen molar-refractivity contribution in [2.24, 2.45) is 23.7 Å². The number of nitrogens with one attached hydrogen (secondary N) is 1. The topological polar surface area (TPSA) is 21.3 Å². The van der Waals surface area contributed by atoms with E-state index in [1.807, 2.05) is 0 Å². The summed E-state index contributed by atoms with van der Waals surface area (Å²) in [5, 5.41) is 3.69. The molecule has 0 aromatic carbocycles. The standard InChI is InChI=1S/C16H31NO/c1-13(2)11-17-12-15-5-3-4-6-16(15)14-7-9-18-10-8-14/h13-17H,3-12H2,1-2H3. The van der Waals surface area contributed by atoms with E-state index >= 15 is 0 Å². The molecule has 0 radical (unpaired) electrons. The smallest absolute Gasteiger partial charge is 0.0468 e. The van der Waals surface area contributed by atoms with Crippen LogP contribution in [0.15, 0.2) is 0 Å². The zero-order valence-electron chi connectivity index (χ0n) is 12.3. The molecular formula is C16H31NO. The molecule has 2 unspecified atom stereocenters. The lowest BCUT2D eigenvalue weighted by atomic mass is 9.70. The average Bonchev–Trinajstić information content (AvgIpc) is 2.40. The maximum atomic E-state index is 5.52. The molecule has 0 aromatic rings. The van der Waals surface area contributed by atoms with Crippen LogP contribution in [0.4, 0.5) is 0 Å². The summed E-state index contributed by atoms with van der Waals surface area (Å²) >= 11 is 0. The van der Waals surface area contributed by atoms with Gasteiger partial charge in [0.1, 0.15) is 0 Å². The predicted molar refractivity (Wildman–Crippen MR) is 76.7 cm³/mol. The van der Waals surface area contributed by atoms with Crippen molar-refractivity contribution in [2.45, 2.75) is 52.4 Å². The molecule has 1 saturated carbocycles. The Bertz CT molecular complexity index is 223. The molecule has 0 spiro atoms. The Morgan fingerprint density at radius 3 is 2.50 bits per heavy atom. The fraction of sp³-hybridized carbons (Fsp3) is 1.00. The normalized spacial score (nSPS) is 30.8. The van der Waals surface area contributed by atoms with Gasteiger partial charge >= 0.3 is 0 Å². The SMILES string of the molecule is CC(C)CNCC1CCCCC1C1CCOCC1. The Hall–Kier alpha value is -0.0800. The zero-order chi connectivity index (χ0) is 12.8. The van der Waals surface area contributed by atoms with E-state index in [-0.39, 0.29) is 0 Å². The monoisotopic (exact) mass is 253 g/mol. The van der Waals surface area contributed by atoms with E-state index < -0.39 is 0 Å². The van der Waals surface area contributed by atoms with Gasteiger partial charge in [-0.3, -0.25) is 0 Å². The van der Waals surface area contributed by atoms with Crippen molar-refractivity contribution < 1.29 is 4.74 Å². The quantitative estimate of drug-likeness (QED) is 0.810. The third kappa shape index (κ3) is 4.24. The summed E-state index contributed by atoms with van der Waals surface area (Å²) in [6.45, 7) is 9.03. The molecule has 1 N–H and O–H groups in total. The molecule has 0 amide bonds. The summed E-state index contributed by atoms with van der Waals surface area (Å²) in [5.74, 6) is 3.63. The van der Waals surface area contributed by atoms with Crippen LogP contribution in [0.3, 0.4) is 0 Å². The predicted octanol–water partition coefficient (Wildman–Crippen LogP) is 3.47. The fourth-order valence-electron chi connectivity index (χ4n) is 3.81. The lowest BCUT2D eigenvalue weighted by Crippen LogP contribution is -2.37. The average molecular weight is 253 g/mol. The highest BCUT2D eigenvalue weighted by Crippen LogP contribution is 2.38. The number of rotatable bonds is 5. The van der Waals surface area contributed by atoms with E-state index in [9.17, 15) is 0 Å². The zero-order valence-corrected chi connectivity index (χ0v) is 12.3. The second-order valence-corrected chi connectivity index (χ2v) is 6.71. The molecule has 0 bridgehead atoms. The first kappa shape index (κ1) is 14.3. The summed E-state index contributed by atoms with van der Waals surface area (Å²) in [6, 6.07) is 0. The van der Waals surface area contributed by atoms with E-state index in [2.05, 4.69) is 19.2 Å². The minimum Gasteiger partial charge on any atom is -0.381 e. The van der Waals surface area contributed by atoms with Crippen LogP contribution in [0.5, 0.6) is 0 Å². The van der Waals surface area contributed by atoms with Crippen molar-refractivity contribution in [2.75, 3.05) is 26.3 Å². The van der Waals surface area contributed by atoms with Crippen molar-refractivity contribution in [3.63, 3.8) is 0 Å². The highest BCUT2D eigenvalue weighted by Gasteiger charge is 2.32. The maximum Gasteiger partial charge on any atom is 0.0468 e. The van der Waals surface area contributed by atoms with Gasteiger partial charge in [0, 0.05) is 13.2 Å². The molecule has 106 valence electrons. The van der Waals surface area contributed by atoms with Gasteiger partial charge in [0.25, 0.3) is 0 Å². The van der Waals surface area contributed by atoms with Crippen LogP contribution < -0.4 is 5.32 Å². The molecule has 2 aliphatic rings. The van der Waals surface area contributed by atoms with Crippen molar-refractivity contribution in [3.8, 4) is 0 Å². The lowest BCUT2D eigenvalue weighted by molar-refractivity contribution is 0.0232. The molecule has 2 fully saturated rings. The first-order valence-corrected chi connectivity index (χ1v) is 8.06. The summed E-state index contributed by atoms with van der Waals surface area (Å²) in [6.07, 6.45) is 8.46. The third-order valence-corrected chi connectivity index (χ3v) is 4.80. The Kier molecular flexibility index (Phi) is 5.97. The third-order valence-electron chi connectivity index (χ3n) is 4.80. The van der Waals surface area contributed by atoms with E-state index in [0.29, 0.717) is 0 Å². The molecule has 1 aliphatic heterocycles. The summed E-state index contributed by atoms with van der Waals surface area (Å²) in [4.78, 5) is 0. The molecule has 2 heteroatoms. The summed E-state index contributed by atoms with van der Waals surface area (Å²) < 4.78 is 5.52. The molecule has 18 heavy (non-hydrogen) atoms. The van der Waals surface area contributed by atoms with Gasteiger partial charge in [-0.15, -0.1) is 0 Å². The van der Waals surface area contributed by atoms with Crippen LogP contribution in [0.2, 0.25) is 0 Å². The Labute approximate surface area is 113 Å². The Morgan fingerprint density at radius 1 is 1.06 bits per heavy atom. The van der Waals surface area contributed by atoms with E-state index in [0.717, 1.165) is 36.9 Å². The molecule has 1 aliphatic carbocycles. The summed E-state index contributed by atoms with van der Waals surface area (Å²) in [5.41, 5.74) is 0. The van der Waals surface area contributed by atoms with Gasteiger partial charge in [0.15, 0.2) is 0 Å². The number of hydrogen-bond donors (Lipinski definition) is 1. The van der Waals surface area contributed by atoms with Crippen LogP contribution in [0.1, 0.15) is 52.4 Å². The number of ether oxygens (including phenoxy) is 1. The van der Waals surface area contributed by atoms with Crippen LogP contribution in [-0.2, 0) is 4.74 Å². The first-order valence-electron chi connectivity index (χ1n) is 8.06. The molecule has 2 rings (SSSR count). The fourth-order valence-corrected chi connectivity index (χ4v) is 3.81. The Morgan fingerprint density at radius 2 is 1.78 bits per heavy atom. The lowest BCUT2D eigenvalue weighted by Gasteiger charge is -2.39. The van der Waals surface area contributed by atoms with Gasteiger partial charge in [-0.05, 0) is 62.4 Å². The van der Waals surface area contributed by atoms with E-state index in [1.165, 1.54) is 51.6 Å². The van der Waals surface area contributed by atoms with Crippen molar-refractivity contribution >= 4 is 0 Å². The largest absolute Gasteiger partial charge is 0.381 e. The summed E-state index contributed by atoms with van der Waals surface area (Å²) in [7, 11) is 0. The van der Waals surface area contributed by atoms with Crippen molar-refractivity contribution in [1.82, 2.24) is 5.32 Å². The second kappa shape index (κ2) is 7.49. The first-order chi connectivity index (χ1) is 8.77. The molecule has 2 nitrogen and oxygen atoms in total. The Balaban J connectivity index is 1.80. The molecule has 2 atom stereocenters. The van der Waals surface area contributed by atoms with Gasteiger partial charge in [-0.2, -0.15) is 0 Å². The molecule has 1 saturated heterocycles. The highest BCUT2D eigenvalue weighted by atomic mass is 16.5. The van der Waals surface area contributed by atoms with Crippen molar-refractivity contribution in [3.05, 3.63) is 0 Å². The van der Waals surface area contributed by atoms with E-state index in [1.54, 1.807) is 0 Å². The van der Waals surface area contributed by atoms with Gasteiger partial charge < -0.3 is 10.1 Å². The van der Waals surface area contributed by atoms with Gasteiger partial charge in [0.2, 0.25) is 0 Å². The van der Waals surface area contributed by atoms with Crippen LogP contribution in [-0.4, -0.2) is 26.3 Å². The molecular weight excluding hydrogens is 222 g/mol. The second-order valence-electron chi connectivity index (χ2n) is 6.71. The van der Waals surface area contributed by atoms with Crippen LogP contribution in [0, 0.1) is 23.7 Å². The van der Waals surface area contributed by atoms with Gasteiger partial charge in [0.05, 0.1) is 0 Å². The van der Waals surface area contributed by atoms with Crippen molar-refractivity contribution in [1.29, 1.82) is 0 Å². The minimum atomic E-state index is 0.773. The van der Waals surface area contributed by atoms with Crippen LogP contribution in [0.25, 0.3) is 0 Å². The minimum absolute atomic E-state index is 0.773. The maximum absolute atomic E-state index is 5.52. The van der Waals surface area contributed by atoms with Gasteiger partial charge in [-0.1, -0.05) is 26.7 Å². The molecule has 0 aromatic heterocycles. The van der Waals surface area contributed by atoms with Crippen LogP contribution >= 0.6 is 0 Å².